The number of carbonyl (C=O) groups excluding carboxylic acids is 2. The van der Waals surface area contributed by atoms with Gasteiger partial charge in [0.2, 0.25) is 5.91 Å². The molecule has 0 unspecified atom stereocenters. The van der Waals surface area contributed by atoms with E-state index in [4.69, 9.17) is 9.47 Å². The largest absolute Gasteiger partial charge is 0.469 e. The minimum absolute atomic E-state index is 0.0564. The first-order chi connectivity index (χ1) is 17.0. The number of carbonyl (C=O) groups is 2. The molecule has 1 aliphatic rings. The smallest absolute Gasteiger partial charge is 0.307 e. The lowest BCUT2D eigenvalue weighted by Crippen LogP contribution is -2.48. The van der Waals surface area contributed by atoms with E-state index < -0.39 is 18.1 Å². The number of ether oxygens (including phenoxy) is 2. The van der Waals surface area contributed by atoms with Crippen molar-refractivity contribution in [2.45, 2.75) is 65.1 Å². The van der Waals surface area contributed by atoms with Crippen molar-refractivity contribution < 1.29 is 19.1 Å². The van der Waals surface area contributed by atoms with Crippen LogP contribution in [0.2, 0.25) is 0 Å². The van der Waals surface area contributed by atoms with Crippen molar-refractivity contribution >= 4 is 17.6 Å². The molecule has 1 saturated heterocycles. The normalized spacial score (nSPS) is 16.9. The highest BCUT2D eigenvalue weighted by atomic mass is 16.5. The number of aryl methyl sites for hydroxylation is 1. The summed E-state index contributed by atoms with van der Waals surface area (Å²) in [7, 11) is 1.32. The maximum absolute atomic E-state index is 13.6. The molecule has 1 fully saturated rings. The summed E-state index contributed by atoms with van der Waals surface area (Å²) in [6.07, 6.45) is 5.50. The molecule has 0 saturated carbocycles. The average molecular weight is 499 g/mol. The topological polar surface area (TPSA) is 103 Å². The number of rotatable bonds is 9. The number of esters is 1. The summed E-state index contributed by atoms with van der Waals surface area (Å²) in [6.45, 7) is 11.9. The third kappa shape index (κ3) is 7.16. The van der Waals surface area contributed by atoms with Gasteiger partial charge < -0.3 is 24.3 Å². The van der Waals surface area contributed by atoms with Crippen LogP contribution in [-0.2, 0) is 19.1 Å². The molecule has 2 aromatic rings. The van der Waals surface area contributed by atoms with Gasteiger partial charge in [-0.1, -0.05) is 13.8 Å². The Morgan fingerprint density at radius 3 is 2.64 bits per heavy atom. The molecule has 0 aliphatic carbocycles. The van der Waals surface area contributed by atoms with Crippen LogP contribution >= 0.6 is 0 Å². The van der Waals surface area contributed by atoms with Gasteiger partial charge in [0.1, 0.15) is 6.04 Å². The summed E-state index contributed by atoms with van der Waals surface area (Å²) < 4.78 is 12.2. The SMILES string of the molecule is COC(=O)C[C@H](NC(=O)[C@H](CC(C)C)n1ccc(C)cc1=O)c1cncc(N2CCOC(C)(C)C2)c1. The summed E-state index contributed by atoms with van der Waals surface area (Å²) in [4.78, 5) is 45.1. The van der Waals surface area contributed by atoms with Crippen molar-refractivity contribution in [3.05, 3.63) is 58.3 Å². The number of nitrogens with zero attached hydrogens (tertiary/aromatic N) is 3. The van der Waals surface area contributed by atoms with Gasteiger partial charge in [-0.2, -0.15) is 0 Å². The molecule has 2 aromatic heterocycles. The zero-order chi connectivity index (χ0) is 26.5. The second kappa shape index (κ2) is 11.7. The number of hydrogen-bond donors (Lipinski definition) is 1. The highest BCUT2D eigenvalue weighted by molar-refractivity contribution is 5.81. The van der Waals surface area contributed by atoms with Gasteiger partial charge in [0.15, 0.2) is 0 Å². The Morgan fingerprint density at radius 2 is 2.00 bits per heavy atom. The first-order valence-corrected chi connectivity index (χ1v) is 12.4. The van der Waals surface area contributed by atoms with Gasteiger partial charge in [-0.25, -0.2) is 0 Å². The molecule has 0 spiro atoms. The summed E-state index contributed by atoms with van der Waals surface area (Å²) in [5.74, 6) is -0.615. The van der Waals surface area contributed by atoms with Gasteiger partial charge in [0, 0.05) is 31.5 Å². The van der Waals surface area contributed by atoms with Crippen molar-refractivity contribution in [1.29, 1.82) is 0 Å². The number of pyridine rings is 2. The molecule has 3 heterocycles. The van der Waals surface area contributed by atoms with Gasteiger partial charge in [0.25, 0.3) is 5.56 Å². The molecular weight excluding hydrogens is 460 g/mol. The summed E-state index contributed by atoms with van der Waals surface area (Å²) in [6, 6.07) is 3.89. The molecule has 9 heteroatoms. The predicted octanol–water partition coefficient (Wildman–Crippen LogP) is 3.17. The Bertz CT molecular complexity index is 1130. The Hall–Kier alpha value is -3.20. The maximum atomic E-state index is 13.6. The van der Waals surface area contributed by atoms with Crippen LogP contribution in [-0.4, -0.2) is 53.8 Å². The van der Waals surface area contributed by atoms with Crippen LogP contribution in [0.4, 0.5) is 5.69 Å². The number of aromatic nitrogens is 2. The van der Waals surface area contributed by atoms with E-state index in [1.807, 2.05) is 46.8 Å². The van der Waals surface area contributed by atoms with Crippen LogP contribution < -0.4 is 15.8 Å². The Labute approximate surface area is 212 Å². The standard InChI is InChI=1S/C27H38N4O5/c1-18(2)11-23(31-8-7-19(3)12-24(31)32)26(34)29-22(14-25(33)35-6)20-13-21(16-28-15-20)30-9-10-36-27(4,5)17-30/h7-8,12-13,15-16,18,22-23H,9-11,14,17H2,1-6H3,(H,29,34)/t22-,23-/m0/s1. The van der Waals surface area contributed by atoms with Gasteiger partial charge >= 0.3 is 5.97 Å². The Kier molecular flexibility index (Phi) is 8.89. The van der Waals surface area contributed by atoms with Crippen molar-refractivity contribution in [2.75, 3.05) is 31.7 Å². The molecule has 9 nitrogen and oxygen atoms in total. The van der Waals surface area contributed by atoms with E-state index >= 15 is 0 Å². The van der Waals surface area contributed by atoms with Gasteiger partial charge in [-0.15, -0.1) is 0 Å². The fourth-order valence-electron chi connectivity index (χ4n) is 4.46. The second-order valence-corrected chi connectivity index (χ2v) is 10.4. The number of anilines is 1. The lowest BCUT2D eigenvalue weighted by molar-refractivity contribution is -0.141. The second-order valence-electron chi connectivity index (χ2n) is 10.4. The molecule has 1 amide bonds. The minimum atomic E-state index is -0.713. The third-order valence-electron chi connectivity index (χ3n) is 6.29. The van der Waals surface area contributed by atoms with Gasteiger partial charge in [-0.3, -0.25) is 19.4 Å². The maximum Gasteiger partial charge on any atom is 0.307 e. The van der Waals surface area contributed by atoms with Gasteiger partial charge in [0.05, 0.1) is 43.7 Å². The molecule has 1 N–H and O–H groups in total. The van der Waals surface area contributed by atoms with Crippen LogP contribution in [0.15, 0.2) is 41.6 Å². The quantitative estimate of drug-likeness (QED) is 0.530. The van der Waals surface area contributed by atoms with E-state index in [-0.39, 0.29) is 29.4 Å². The van der Waals surface area contributed by atoms with Gasteiger partial charge in [-0.05, 0) is 56.4 Å². The molecule has 0 radical (unpaired) electrons. The molecular formula is C27H38N4O5. The summed E-state index contributed by atoms with van der Waals surface area (Å²) >= 11 is 0. The molecule has 2 atom stereocenters. The van der Waals surface area contributed by atoms with Crippen molar-refractivity contribution in [1.82, 2.24) is 14.9 Å². The molecule has 36 heavy (non-hydrogen) atoms. The van der Waals surface area contributed by atoms with Crippen LogP contribution in [0, 0.1) is 12.8 Å². The fraction of sp³-hybridized carbons (Fsp3) is 0.556. The summed E-state index contributed by atoms with van der Waals surface area (Å²) in [5, 5.41) is 3.01. The molecule has 0 bridgehead atoms. The lowest BCUT2D eigenvalue weighted by Gasteiger charge is -2.39. The highest BCUT2D eigenvalue weighted by Crippen LogP contribution is 2.27. The van der Waals surface area contributed by atoms with Crippen LogP contribution in [0.1, 0.15) is 63.7 Å². The Balaban J connectivity index is 1.91. The fourth-order valence-corrected chi connectivity index (χ4v) is 4.46. The molecule has 3 rings (SSSR count). The number of nitrogens with one attached hydrogen (secondary N) is 1. The van der Waals surface area contributed by atoms with Crippen molar-refractivity contribution in [2.24, 2.45) is 5.92 Å². The zero-order valence-corrected chi connectivity index (χ0v) is 22.1. The number of morpholine rings is 1. The monoisotopic (exact) mass is 498 g/mol. The van der Waals surface area contributed by atoms with E-state index in [0.717, 1.165) is 17.8 Å². The van der Waals surface area contributed by atoms with E-state index in [9.17, 15) is 14.4 Å². The lowest BCUT2D eigenvalue weighted by atomic mass is 10.00. The van der Waals surface area contributed by atoms with E-state index in [1.54, 1.807) is 18.6 Å². The number of amides is 1. The highest BCUT2D eigenvalue weighted by Gasteiger charge is 2.30. The average Bonchev–Trinajstić information content (AvgIpc) is 2.81. The summed E-state index contributed by atoms with van der Waals surface area (Å²) in [5.41, 5.74) is 1.88. The zero-order valence-electron chi connectivity index (χ0n) is 22.1. The minimum Gasteiger partial charge on any atom is -0.469 e. The van der Waals surface area contributed by atoms with Crippen LogP contribution in [0.3, 0.4) is 0 Å². The van der Waals surface area contributed by atoms with Crippen LogP contribution in [0.25, 0.3) is 0 Å². The van der Waals surface area contributed by atoms with E-state index in [0.29, 0.717) is 25.1 Å². The molecule has 1 aliphatic heterocycles. The molecule has 196 valence electrons. The van der Waals surface area contributed by atoms with Crippen molar-refractivity contribution in [3.8, 4) is 0 Å². The van der Waals surface area contributed by atoms with Crippen molar-refractivity contribution in [3.63, 3.8) is 0 Å². The van der Waals surface area contributed by atoms with Crippen LogP contribution in [0.5, 0.6) is 0 Å². The van der Waals surface area contributed by atoms with E-state index in [2.05, 4.69) is 15.2 Å². The number of hydrogen-bond acceptors (Lipinski definition) is 7. The Morgan fingerprint density at radius 1 is 1.25 bits per heavy atom. The first-order valence-electron chi connectivity index (χ1n) is 12.4. The first kappa shape index (κ1) is 27.4. The predicted molar refractivity (Wildman–Crippen MR) is 138 cm³/mol. The number of methoxy groups -OCH3 is 1. The third-order valence-corrected chi connectivity index (χ3v) is 6.29. The van der Waals surface area contributed by atoms with E-state index in [1.165, 1.54) is 17.7 Å². The molecule has 0 aromatic carbocycles.